The highest BCUT2D eigenvalue weighted by Gasteiger charge is 2.07. The molecule has 0 heterocycles. The molecule has 1 aromatic rings. The number of hydrogen-bond donors (Lipinski definition) is 1. The molecule has 0 bridgehead atoms. The summed E-state index contributed by atoms with van der Waals surface area (Å²) >= 11 is 2.08. The van der Waals surface area contributed by atoms with Crippen LogP contribution in [0.5, 0.6) is 0 Å². The van der Waals surface area contributed by atoms with E-state index >= 15 is 0 Å². The number of nitrogens with one attached hydrogen (secondary N) is 1. The first-order valence-corrected chi connectivity index (χ1v) is 5.51. The van der Waals surface area contributed by atoms with Crippen molar-refractivity contribution in [1.29, 1.82) is 0 Å². The van der Waals surface area contributed by atoms with Crippen LogP contribution in [0.15, 0.2) is 30.9 Å². The van der Waals surface area contributed by atoms with E-state index in [2.05, 4.69) is 34.5 Å². The minimum Gasteiger partial charge on any atom is -0.384 e. The Morgan fingerprint density at radius 2 is 2.33 bits per heavy atom. The molecule has 0 saturated carbocycles. The Labute approximate surface area is 102 Å². The van der Waals surface area contributed by atoms with Crippen molar-refractivity contribution in [2.45, 2.75) is 6.42 Å². The molecule has 0 unspecified atom stereocenters. The molecule has 80 valence electrons. The summed E-state index contributed by atoms with van der Waals surface area (Å²) in [5, 5.41) is 13.7. The van der Waals surface area contributed by atoms with Crippen LogP contribution in [-0.2, 0) is 0 Å². The summed E-state index contributed by atoms with van der Waals surface area (Å²) in [6.07, 6.45) is 2.69. The van der Waals surface area contributed by atoms with E-state index in [1.165, 1.54) is 6.07 Å². The van der Waals surface area contributed by atoms with E-state index in [1.807, 2.05) is 6.08 Å². The molecule has 0 aliphatic rings. The van der Waals surface area contributed by atoms with Crippen LogP contribution in [0.25, 0.3) is 0 Å². The lowest BCUT2D eigenvalue weighted by Crippen LogP contribution is -2.02. The van der Waals surface area contributed by atoms with Gasteiger partial charge in [0.2, 0.25) is 0 Å². The number of non-ortho nitro benzene ring substituents is 1. The molecular weight excluding hydrogens is 307 g/mol. The maximum atomic E-state index is 10.5. The summed E-state index contributed by atoms with van der Waals surface area (Å²) in [5.74, 6) is 0. The Kier molecular flexibility index (Phi) is 4.54. The van der Waals surface area contributed by atoms with Gasteiger partial charge in [0.15, 0.2) is 0 Å². The maximum absolute atomic E-state index is 10.5. The van der Waals surface area contributed by atoms with Crippen LogP contribution < -0.4 is 5.32 Å². The van der Waals surface area contributed by atoms with Gasteiger partial charge in [-0.1, -0.05) is 6.08 Å². The first-order chi connectivity index (χ1) is 7.15. The number of hydrogen-bond acceptors (Lipinski definition) is 3. The Balaban J connectivity index is 2.74. The van der Waals surface area contributed by atoms with E-state index < -0.39 is 4.92 Å². The van der Waals surface area contributed by atoms with Gasteiger partial charge in [-0.05, 0) is 35.1 Å². The third-order valence-electron chi connectivity index (χ3n) is 1.83. The Bertz CT molecular complexity index is 380. The van der Waals surface area contributed by atoms with Crippen LogP contribution in [0.1, 0.15) is 6.42 Å². The van der Waals surface area contributed by atoms with Gasteiger partial charge in [-0.3, -0.25) is 10.1 Å². The standard InChI is InChI=1S/C10H11IN2O2/c1-2-3-6-12-10-5-4-8(13(14)15)7-9(10)11/h2,4-5,7,12H,1,3,6H2. The second-order valence-corrected chi connectivity index (χ2v) is 4.09. The third-order valence-corrected chi connectivity index (χ3v) is 2.72. The topological polar surface area (TPSA) is 55.2 Å². The van der Waals surface area contributed by atoms with Crippen molar-refractivity contribution in [2.24, 2.45) is 0 Å². The number of nitro groups is 1. The molecule has 0 spiro atoms. The molecule has 0 aliphatic heterocycles. The van der Waals surface area contributed by atoms with Gasteiger partial charge in [-0.15, -0.1) is 6.58 Å². The molecule has 1 aromatic carbocycles. The van der Waals surface area contributed by atoms with E-state index in [4.69, 9.17) is 0 Å². The van der Waals surface area contributed by atoms with Gasteiger partial charge in [0.25, 0.3) is 5.69 Å². The Hall–Kier alpha value is -1.11. The molecule has 0 fully saturated rings. The van der Waals surface area contributed by atoms with Crippen molar-refractivity contribution in [3.63, 3.8) is 0 Å². The normalized spacial score (nSPS) is 9.67. The van der Waals surface area contributed by atoms with Crippen molar-refractivity contribution in [3.8, 4) is 0 Å². The van der Waals surface area contributed by atoms with Gasteiger partial charge in [0.05, 0.1) is 4.92 Å². The van der Waals surface area contributed by atoms with Crippen LogP contribution in [0, 0.1) is 13.7 Å². The molecule has 0 aromatic heterocycles. The van der Waals surface area contributed by atoms with Gasteiger partial charge < -0.3 is 5.32 Å². The summed E-state index contributed by atoms with van der Waals surface area (Å²) in [4.78, 5) is 10.1. The summed E-state index contributed by atoms with van der Waals surface area (Å²) in [7, 11) is 0. The summed E-state index contributed by atoms with van der Waals surface area (Å²) in [5.41, 5.74) is 1.04. The van der Waals surface area contributed by atoms with E-state index in [0.29, 0.717) is 0 Å². The van der Waals surface area contributed by atoms with E-state index in [0.717, 1.165) is 22.2 Å². The first-order valence-electron chi connectivity index (χ1n) is 4.44. The summed E-state index contributed by atoms with van der Waals surface area (Å²) in [6.45, 7) is 4.41. The molecule has 1 N–H and O–H groups in total. The largest absolute Gasteiger partial charge is 0.384 e. The molecule has 1 rings (SSSR count). The van der Waals surface area contributed by atoms with Gasteiger partial charge in [-0.25, -0.2) is 0 Å². The van der Waals surface area contributed by atoms with Crippen LogP contribution in [-0.4, -0.2) is 11.5 Å². The summed E-state index contributed by atoms with van der Waals surface area (Å²) < 4.78 is 0.853. The minimum atomic E-state index is -0.393. The number of rotatable bonds is 5. The van der Waals surface area contributed by atoms with Crippen LogP contribution in [0.3, 0.4) is 0 Å². The SMILES string of the molecule is C=CCCNc1ccc([N+](=O)[O-])cc1I. The number of nitrogens with zero attached hydrogens (tertiary/aromatic N) is 1. The lowest BCUT2D eigenvalue weighted by Gasteiger charge is -2.06. The average Bonchev–Trinajstić information content (AvgIpc) is 2.20. The fourth-order valence-corrected chi connectivity index (χ4v) is 1.76. The number of anilines is 1. The number of halogens is 1. The Morgan fingerprint density at radius 1 is 1.60 bits per heavy atom. The third kappa shape index (κ3) is 3.50. The van der Waals surface area contributed by atoms with Crippen LogP contribution in [0.2, 0.25) is 0 Å². The average molecular weight is 318 g/mol. The zero-order valence-electron chi connectivity index (χ0n) is 8.07. The molecule has 0 radical (unpaired) electrons. The number of nitro benzene ring substituents is 1. The van der Waals surface area contributed by atoms with Crippen LogP contribution in [0.4, 0.5) is 11.4 Å². The molecule has 0 atom stereocenters. The lowest BCUT2D eigenvalue weighted by atomic mass is 10.3. The molecule has 0 saturated heterocycles. The van der Waals surface area contributed by atoms with E-state index in [-0.39, 0.29) is 5.69 Å². The smallest absolute Gasteiger partial charge is 0.270 e. The monoisotopic (exact) mass is 318 g/mol. The second-order valence-electron chi connectivity index (χ2n) is 2.93. The van der Waals surface area contributed by atoms with Gasteiger partial charge in [0, 0.05) is 27.9 Å². The quantitative estimate of drug-likeness (QED) is 0.298. The Morgan fingerprint density at radius 3 is 2.87 bits per heavy atom. The lowest BCUT2D eigenvalue weighted by molar-refractivity contribution is -0.384. The van der Waals surface area contributed by atoms with Crippen molar-refractivity contribution in [3.05, 3.63) is 44.5 Å². The van der Waals surface area contributed by atoms with Gasteiger partial charge >= 0.3 is 0 Å². The van der Waals surface area contributed by atoms with Gasteiger partial charge in [0.1, 0.15) is 0 Å². The molecule has 15 heavy (non-hydrogen) atoms. The second kappa shape index (κ2) is 5.69. The highest BCUT2D eigenvalue weighted by molar-refractivity contribution is 14.1. The zero-order chi connectivity index (χ0) is 11.3. The highest BCUT2D eigenvalue weighted by atomic mass is 127. The zero-order valence-corrected chi connectivity index (χ0v) is 10.2. The predicted octanol–water partition coefficient (Wildman–Crippen LogP) is 3.19. The predicted molar refractivity (Wildman–Crippen MR) is 69.1 cm³/mol. The molecular formula is C10H11IN2O2. The van der Waals surface area contributed by atoms with E-state index in [1.54, 1.807) is 12.1 Å². The van der Waals surface area contributed by atoms with E-state index in [9.17, 15) is 10.1 Å². The first kappa shape index (κ1) is 12.0. The molecule has 0 aliphatic carbocycles. The van der Waals surface area contributed by atoms with Crippen molar-refractivity contribution in [1.82, 2.24) is 0 Å². The van der Waals surface area contributed by atoms with Crippen molar-refractivity contribution in [2.75, 3.05) is 11.9 Å². The van der Waals surface area contributed by atoms with Gasteiger partial charge in [-0.2, -0.15) is 0 Å². The maximum Gasteiger partial charge on any atom is 0.270 e. The fourth-order valence-electron chi connectivity index (χ4n) is 1.07. The number of benzene rings is 1. The fraction of sp³-hybridized carbons (Fsp3) is 0.200. The summed E-state index contributed by atoms with van der Waals surface area (Å²) in [6, 6.07) is 4.78. The molecule has 4 nitrogen and oxygen atoms in total. The van der Waals surface area contributed by atoms with Crippen LogP contribution >= 0.6 is 22.6 Å². The molecule has 5 heteroatoms. The molecule has 0 amide bonds. The van der Waals surface area contributed by atoms with Crippen molar-refractivity contribution >= 4 is 34.0 Å². The highest BCUT2D eigenvalue weighted by Crippen LogP contribution is 2.23. The van der Waals surface area contributed by atoms with Crippen molar-refractivity contribution < 1.29 is 4.92 Å². The minimum absolute atomic E-state index is 0.119.